The number of nitrogens with zero attached hydrogens (tertiary/aromatic N) is 1. The van der Waals surface area contributed by atoms with Gasteiger partial charge in [0, 0.05) is 11.6 Å². The van der Waals surface area contributed by atoms with Crippen molar-refractivity contribution in [3.05, 3.63) is 59.0 Å². The fraction of sp³-hybridized carbons (Fsp3) is 0.167. The number of aromatic hydroxyl groups is 2. The SMILES string of the molecule is CCOc1cc(C2C(C#N)=C(N)Oc3cc(O)ccc32)ccc1O. The van der Waals surface area contributed by atoms with E-state index in [4.69, 9.17) is 15.2 Å². The highest BCUT2D eigenvalue weighted by Crippen LogP contribution is 2.44. The van der Waals surface area contributed by atoms with Crippen LogP contribution in [-0.4, -0.2) is 16.8 Å². The van der Waals surface area contributed by atoms with Crippen molar-refractivity contribution in [2.45, 2.75) is 12.8 Å². The molecule has 4 N–H and O–H groups in total. The van der Waals surface area contributed by atoms with Gasteiger partial charge in [-0.2, -0.15) is 5.26 Å². The molecule has 2 aromatic rings. The number of allylic oxidation sites excluding steroid dienone is 1. The van der Waals surface area contributed by atoms with E-state index in [0.717, 1.165) is 5.56 Å². The fourth-order valence-electron chi connectivity index (χ4n) is 2.77. The van der Waals surface area contributed by atoms with Crippen molar-refractivity contribution in [2.75, 3.05) is 6.61 Å². The van der Waals surface area contributed by atoms with Crippen LogP contribution in [0.4, 0.5) is 0 Å². The zero-order chi connectivity index (χ0) is 17.3. The summed E-state index contributed by atoms with van der Waals surface area (Å²) in [4.78, 5) is 0. The molecule has 0 spiro atoms. The van der Waals surface area contributed by atoms with Gasteiger partial charge in [-0.25, -0.2) is 0 Å². The summed E-state index contributed by atoms with van der Waals surface area (Å²) in [6.07, 6.45) is 0. The molecule has 1 heterocycles. The maximum Gasteiger partial charge on any atom is 0.205 e. The highest BCUT2D eigenvalue weighted by molar-refractivity contribution is 5.58. The average molecular weight is 324 g/mol. The molecule has 0 aliphatic carbocycles. The van der Waals surface area contributed by atoms with Gasteiger partial charge in [0.05, 0.1) is 12.5 Å². The summed E-state index contributed by atoms with van der Waals surface area (Å²) in [7, 11) is 0. The van der Waals surface area contributed by atoms with Crippen LogP contribution >= 0.6 is 0 Å². The monoisotopic (exact) mass is 324 g/mol. The Hall–Kier alpha value is -3.33. The second-order valence-corrected chi connectivity index (χ2v) is 5.31. The standard InChI is InChI=1S/C18H16N2O4/c1-2-23-16-7-10(3-6-14(16)22)17-12-5-4-11(21)8-15(12)24-18(20)13(17)9-19/h3-8,17,21-22H,2,20H2,1H3. The van der Waals surface area contributed by atoms with Crippen molar-refractivity contribution in [3.8, 4) is 29.1 Å². The Labute approximate surface area is 139 Å². The van der Waals surface area contributed by atoms with Crippen molar-refractivity contribution in [1.82, 2.24) is 0 Å². The summed E-state index contributed by atoms with van der Waals surface area (Å²) in [5.41, 5.74) is 7.57. The Morgan fingerprint density at radius 2 is 2.04 bits per heavy atom. The second-order valence-electron chi connectivity index (χ2n) is 5.31. The maximum atomic E-state index is 9.89. The Kier molecular flexibility index (Phi) is 3.92. The Morgan fingerprint density at radius 1 is 1.25 bits per heavy atom. The summed E-state index contributed by atoms with van der Waals surface area (Å²) in [5, 5.41) is 29.0. The molecule has 1 aliphatic heterocycles. The highest BCUT2D eigenvalue weighted by Gasteiger charge is 2.31. The first-order valence-electron chi connectivity index (χ1n) is 7.41. The van der Waals surface area contributed by atoms with Crippen LogP contribution < -0.4 is 15.2 Å². The lowest BCUT2D eigenvalue weighted by Crippen LogP contribution is -2.21. The van der Waals surface area contributed by atoms with Gasteiger partial charge in [0.1, 0.15) is 23.1 Å². The van der Waals surface area contributed by atoms with E-state index in [1.54, 1.807) is 18.2 Å². The lowest BCUT2D eigenvalue weighted by atomic mass is 9.83. The molecule has 1 aliphatic rings. The van der Waals surface area contributed by atoms with Crippen LogP contribution in [0.5, 0.6) is 23.0 Å². The molecule has 0 saturated carbocycles. The minimum Gasteiger partial charge on any atom is -0.508 e. The van der Waals surface area contributed by atoms with Crippen molar-refractivity contribution in [2.24, 2.45) is 5.73 Å². The van der Waals surface area contributed by atoms with Gasteiger partial charge in [-0.3, -0.25) is 0 Å². The summed E-state index contributed by atoms with van der Waals surface area (Å²) in [5.74, 6) is 0.307. The Morgan fingerprint density at radius 3 is 2.75 bits per heavy atom. The Balaban J connectivity index is 2.18. The molecule has 0 aromatic heterocycles. The third-order valence-electron chi connectivity index (χ3n) is 3.82. The molecule has 6 nitrogen and oxygen atoms in total. The van der Waals surface area contributed by atoms with Crippen LogP contribution in [0.25, 0.3) is 0 Å². The summed E-state index contributed by atoms with van der Waals surface area (Å²) < 4.78 is 10.9. The van der Waals surface area contributed by atoms with Crippen LogP contribution in [0.1, 0.15) is 24.0 Å². The maximum absolute atomic E-state index is 9.89. The predicted molar refractivity (Wildman–Crippen MR) is 86.7 cm³/mol. The van der Waals surface area contributed by atoms with E-state index in [0.29, 0.717) is 23.7 Å². The number of ether oxygens (including phenoxy) is 2. The third kappa shape index (κ3) is 2.57. The molecule has 0 amide bonds. The van der Waals surface area contributed by atoms with E-state index in [2.05, 4.69) is 6.07 Å². The topological polar surface area (TPSA) is 109 Å². The molecule has 6 heteroatoms. The average Bonchev–Trinajstić information content (AvgIpc) is 2.55. The molecule has 122 valence electrons. The van der Waals surface area contributed by atoms with Gasteiger partial charge in [-0.15, -0.1) is 0 Å². The van der Waals surface area contributed by atoms with Crippen molar-refractivity contribution < 1.29 is 19.7 Å². The molecule has 0 saturated heterocycles. The fourth-order valence-corrected chi connectivity index (χ4v) is 2.77. The number of nitrogens with two attached hydrogens (primary N) is 1. The first-order valence-corrected chi connectivity index (χ1v) is 7.41. The van der Waals surface area contributed by atoms with E-state index in [-0.39, 0.29) is 23.0 Å². The zero-order valence-electron chi connectivity index (χ0n) is 13.0. The summed E-state index contributed by atoms with van der Waals surface area (Å²) in [6.45, 7) is 2.22. The van der Waals surface area contributed by atoms with E-state index in [1.165, 1.54) is 18.2 Å². The van der Waals surface area contributed by atoms with Crippen LogP contribution in [0, 0.1) is 11.3 Å². The lowest BCUT2D eigenvalue weighted by Gasteiger charge is -2.26. The Bertz CT molecular complexity index is 868. The number of phenols is 2. The van der Waals surface area contributed by atoms with Gasteiger partial charge >= 0.3 is 0 Å². The zero-order valence-corrected chi connectivity index (χ0v) is 13.0. The molecule has 1 atom stereocenters. The number of hydrogen-bond donors (Lipinski definition) is 3. The largest absolute Gasteiger partial charge is 0.508 e. The van der Waals surface area contributed by atoms with Gasteiger partial charge in [-0.1, -0.05) is 12.1 Å². The van der Waals surface area contributed by atoms with E-state index in [9.17, 15) is 15.5 Å². The predicted octanol–water partition coefficient (Wildman–Crippen LogP) is 2.71. The van der Waals surface area contributed by atoms with Crippen molar-refractivity contribution >= 4 is 0 Å². The number of fused-ring (bicyclic) bond motifs is 1. The van der Waals surface area contributed by atoms with Crippen molar-refractivity contribution in [1.29, 1.82) is 5.26 Å². The molecule has 0 radical (unpaired) electrons. The van der Waals surface area contributed by atoms with E-state index >= 15 is 0 Å². The highest BCUT2D eigenvalue weighted by atomic mass is 16.5. The lowest BCUT2D eigenvalue weighted by molar-refractivity contribution is 0.317. The molecule has 1 unspecified atom stereocenters. The quantitative estimate of drug-likeness (QED) is 0.801. The third-order valence-corrected chi connectivity index (χ3v) is 3.82. The van der Waals surface area contributed by atoms with Gasteiger partial charge in [0.25, 0.3) is 0 Å². The first-order chi connectivity index (χ1) is 11.5. The van der Waals surface area contributed by atoms with Crippen LogP contribution in [-0.2, 0) is 0 Å². The number of hydrogen-bond acceptors (Lipinski definition) is 6. The molecule has 0 bridgehead atoms. The molecular formula is C18H16N2O4. The van der Waals surface area contributed by atoms with Crippen molar-refractivity contribution in [3.63, 3.8) is 0 Å². The second kappa shape index (κ2) is 6.05. The number of benzene rings is 2. The number of rotatable bonds is 3. The first kappa shape index (κ1) is 15.6. The normalized spacial score (nSPS) is 16.1. The number of phenolic OH excluding ortho intramolecular Hbond substituents is 2. The van der Waals surface area contributed by atoms with Gasteiger partial charge in [0.2, 0.25) is 5.88 Å². The van der Waals surface area contributed by atoms with Gasteiger partial charge in [-0.05, 0) is 30.7 Å². The molecule has 2 aromatic carbocycles. The van der Waals surface area contributed by atoms with Gasteiger partial charge in [0.15, 0.2) is 11.5 Å². The van der Waals surface area contributed by atoms with Crippen LogP contribution in [0.15, 0.2) is 47.9 Å². The molecule has 3 rings (SSSR count). The summed E-state index contributed by atoms with van der Waals surface area (Å²) in [6, 6.07) is 11.6. The molecular weight excluding hydrogens is 308 g/mol. The van der Waals surface area contributed by atoms with Crippen LogP contribution in [0.3, 0.4) is 0 Å². The molecule has 24 heavy (non-hydrogen) atoms. The van der Waals surface area contributed by atoms with E-state index in [1.807, 2.05) is 6.92 Å². The molecule has 0 fully saturated rings. The van der Waals surface area contributed by atoms with Crippen LogP contribution in [0.2, 0.25) is 0 Å². The van der Waals surface area contributed by atoms with Gasteiger partial charge < -0.3 is 25.4 Å². The minimum atomic E-state index is -0.473. The summed E-state index contributed by atoms with van der Waals surface area (Å²) >= 11 is 0. The smallest absolute Gasteiger partial charge is 0.205 e. The minimum absolute atomic E-state index is 0.00775. The number of nitriles is 1. The van der Waals surface area contributed by atoms with E-state index < -0.39 is 5.92 Å².